The first kappa shape index (κ1) is 12.9. The van der Waals surface area contributed by atoms with Crippen LogP contribution in [0.4, 0.5) is 10.1 Å². The fourth-order valence-corrected chi connectivity index (χ4v) is 1.37. The molecule has 0 radical (unpaired) electrons. The Balaban J connectivity index is 2.52. The van der Waals surface area contributed by atoms with Crippen LogP contribution in [-0.2, 0) is 4.74 Å². The maximum Gasteiger partial charge on any atom is 0.170 e. The third kappa shape index (κ3) is 4.12. The van der Waals surface area contributed by atoms with Gasteiger partial charge in [-0.15, -0.1) is 0 Å². The smallest absolute Gasteiger partial charge is 0.170 e. The zero-order valence-corrected chi connectivity index (χ0v) is 10.2. The lowest BCUT2D eigenvalue weighted by Gasteiger charge is -2.12. The Morgan fingerprint density at radius 3 is 2.94 bits per heavy atom. The second kappa shape index (κ2) is 6.40. The van der Waals surface area contributed by atoms with Crippen LogP contribution in [0.1, 0.15) is 5.56 Å². The molecule has 0 fully saturated rings. The van der Waals surface area contributed by atoms with Gasteiger partial charge in [-0.25, -0.2) is 4.39 Å². The lowest BCUT2D eigenvalue weighted by molar-refractivity contribution is 0.204. The number of hydrogen-bond donors (Lipinski definition) is 2. The number of halogens is 1. The van der Waals surface area contributed by atoms with Crippen LogP contribution in [0.3, 0.4) is 0 Å². The molecule has 0 aliphatic rings. The Kier molecular flexibility index (Phi) is 5.14. The van der Waals surface area contributed by atoms with Gasteiger partial charge in [0, 0.05) is 19.3 Å². The van der Waals surface area contributed by atoms with Crippen molar-refractivity contribution in [3.63, 3.8) is 0 Å². The first-order chi connectivity index (χ1) is 7.63. The van der Waals surface area contributed by atoms with Crippen LogP contribution in [0, 0.1) is 12.7 Å². The average Bonchev–Trinajstić information content (AvgIpc) is 2.24. The number of hydrogen-bond acceptors (Lipinski definition) is 2. The molecule has 1 aromatic carbocycles. The molecule has 5 heteroatoms. The zero-order chi connectivity index (χ0) is 12.0. The van der Waals surface area contributed by atoms with E-state index in [0.717, 1.165) is 5.56 Å². The molecule has 0 unspecified atom stereocenters. The standard InChI is InChI=1S/C11H15FN2OS/c1-8-3-4-9(12)7-10(8)14-11(16)13-5-6-15-2/h3-4,7H,5-6H2,1-2H3,(H2,13,14,16). The highest BCUT2D eigenvalue weighted by molar-refractivity contribution is 7.80. The van der Waals surface area contributed by atoms with Gasteiger partial charge < -0.3 is 15.4 Å². The van der Waals surface area contributed by atoms with Gasteiger partial charge in [0.25, 0.3) is 0 Å². The molecular weight excluding hydrogens is 227 g/mol. The van der Waals surface area contributed by atoms with E-state index in [1.54, 1.807) is 13.2 Å². The SMILES string of the molecule is COCCNC(=S)Nc1cc(F)ccc1C. The molecule has 88 valence electrons. The molecule has 1 aromatic rings. The minimum atomic E-state index is -0.284. The summed E-state index contributed by atoms with van der Waals surface area (Å²) in [5.74, 6) is -0.284. The third-order valence-corrected chi connectivity index (χ3v) is 2.29. The normalized spacial score (nSPS) is 9.94. The molecule has 16 heavy (non-hydrogen) atoms. The summed E-state index contributed by atoms with van der Waals surface area (Å²) < 4.78 is 17.9. The van der Waals surface area contributed by atoms with E-state index >= 15 is 0 Å². The summed E-state index contributed by atoms with van der Waals surface area (Å²) in [6.07, 6.45) is 0. The van der Waals surface area contributed by atoms with Gasteiger partial charge in [0.1, 0.15) is 5.82 Å². The number of anilines is 1. The largest absolute Gasteiger partial charge is 0.383 e. The Bertz CT molecular complexity index is 371. The van der Waals surface area contributed by atoms with E-state index in [2.05, 4.69) is 10.6 Å². The number of benzene rings is 1. The molecule has 0 saturated carbocycles. The second-order valence-electron chi connectivity index (χ2n) is 3.33. The number of ether oxygens (including phenoxy) is 1. The van der Waals surface area contributed by atoms with Crippen molar-refractivity contribution in [3.05, 3.63) is 29.6 Å². The van der Waals surface area contributed by atoms with Crippen molar-refractivity contribution in [3.8, 4) is 0 Å². The molecule has 2 N–H and O–H groups in total. The van der Waals surface area contributed by atoms with E-state index in [4.69, 9.17) is 17.0 Å². The molecule has 0 aliphatic carbocycles. The summed E-state index contributed by atoms with van der Waals surface area (Å²) in [7, 11) is 1.62. The van der Waals surface area contributed by atoms with Crippen molar-refractivity contribution < 1.29 is 9.13 Å². The minimum Gasteiger partial charge on any atom is -0.383 e. The first-order valence-electron chi connectivity index (χ1n) is 4.93. The maximum atomic E-state index is 13.0. The third-order valence-electron chi connectivity index (χ3n) is 2.04. The number of rotatable bonds is 4. The highest BCUT2D eigenvalue weighted by atomic mass is 32.1. The summed E-state index contributed by atoms with van der Waals surface area (Å²) in [4.78, 5) is 0. The van der Waals surface area contributed by atoms with Gasteiger partial charge in [-0.2, -0.15) is 0 Å². The Morgan fingerprint density at radius 2 is 2.25 bits per heavy atom. The van der Waals surface area contributed by atoms with Gasteiger partial charge >= 0.3 is 0 Å². The van der Waals surface area contributed by atoms with Crippen LogP contribution in [-0.4, -0.2) is 25.4 Å². The molecule has 1 rings (SSSR count). The Hall–Kier alpha value is -1.20. The van der Waals surface area contributed by atoms with Crippen molar-refractivity contribution in [2.24, 2.45) is 0 Å². The van der Waals surface area contributed by atoms with Crippen LogP contribution >= 0.6 is 12.2 Å². The molecule has 0 aliphatic heterocycles. The molecule has 0 amide bonds. The predicted octanol–water partition coefficient (Wildman–Crippen LogP) is 2.07. The van der Waals surface area contributed by atoms with Crippen LogP contribution in [0.15, 0.2) is 18.2 Å². The van der Waals surface area contributed by atoms with E-state index in [1.165, 1.54) is 12.1 Å². The summed E-state index contributed by atoms with van der Waals surface area (Å²) >= 11 is 5.05. The number of aryl methyl sites for hydroxylation is 1. The first-order valence-corrected chi connectivity index (χ1v) is 5.34. The Morgan fingerprint density at radius 1 is 1.50 bits per heavy atom. The summed E-state index contributed by atoms with van der Waals surface area (Å²) in [6, 6.07) is 4.54. The van der Waals surface area contributed by atoms with Gasteiger partial charge in [-0.05, 0) is 36.8 Å². The van der Waals surface area contributed by atoms with E-state index in [0.29, 0.717) is 24.0 Å². The van der Waals surface area contributed by atoms with Crippen LogP contribution in [0.2, 0.25) is 0 Å². The van der Waals surface area contributed by atoms with Gasteiger partial charge in [-0.1, -0.05) is 6.07 Å². The molecular formula is C11H15FN2OS. The lowest BCUT2D eigenvalue weighted by Crippen LogP contribution is -2.31. The average molecular weight is 242 g/mol. The summed E-state index contributed by atoms with van der Waals surface area (Å²) in [6.45, 7) is 3.08. The monoisotopic (exact) mass is 242 g/mol. The predicted molar refractivity (Wildman–Crippen MR) is 67.2 cm³/mol. The van der Waals surface area contributed by atoms with Crippen molar-refractivity contribution in [2.45, 2.75) is 6.92 Å². The molecule has 0 heterocycles. The number of nitrogens with one attached hydrogen (secondary N) is 2. The van der Waals surface area contributed by atoms with E-state index in [1.807, 2.05) is 6.92 Å². The van der Waals surface area contributed by atoms with E-state index < -0.39 is 0 Å². The highest BCUT2D eigenvalue weighted by Gasteiger charge is 2.02. The molecule has 0 atom stereocenters. The summed E-state index contributed by atoms with van der Waals surface area (Å²) in [5.41, 5.74) is 1.62. The fourth-order valence-electron chi connectivity index (χ4n) is 1.16. The zero-order valence-electron chi connectivity index (χ0n) is 9.34. The van der Waals surface area contributed by atoms with Crippen molar-refractivity contribution >= 4 is 23.0 Å². The lowest BCUT2D eigenvalue weighted by atomic mass is 10.2. The summed E-state index contributed by atoms with van der Waals surface area (Å²) in [5, 5.41) is 6.35. The fraction of sp³-hybridized carbons (Fsp3) is 0.364. The quantitative estimate of drug-likeness (QED) is 0.625. The molecule has 0 saturated heterocycles. The molecule has 0 spiro atoms. The van der Waals surface area contributed by atoms with Crippen LogP contribution < -0.4 is 10.6 Å². The number of thiocarbonyl (C=S) groups is 1. The Labute approximate surface area is 100.0 Å². The van der Waals surface area contributed by atoms with Gasteiger partial charge in [-0.3, -0.25) is 0 Å². The maximum absolute atomic E-state index is 13.0. The topological polar surface area (TPSA) is 33.3 Å². The van der Waals surface area contributed by atoms with Gasteiger partial charge in [0.2, 0.25) is 0 Å². The second-order valence-corrected chi connectivity index (χ2v) is 3.74. The van der Waals surface area contributed by atoms with Gasteiger partial charge in [0.15, 0.2) is 5.11 Å². The molecule has 3 nitrogen and oxygen atoms in total. The highest BCUT2D eigenvalue weighted by Crippen LogP contribution is 2.15. The molecule has 0 bridgehead atoms. The molecule has 0 aromatic heterocycles. The van der Waals surface area contributed by atoms with Crippen LogP contribution in [0.25, 0.3) is 0 Å². The van der Waals surface area contributed by atoms with Crippen LogP contribution in [0.5, 0.6) is 0 Å². The van der Waals surface area contributed by atoms with Gasteiger partial charge in [0.05, 0.1) is 6.61 Å². The minimum absolute atomic E-state index is 0.284. The van der Waals surface area contributed by atoms with Crippen molar-refractivity contribution in [1.29, 1.82) is 0 Å². The van der Waals surface area contributed by atoms with Crippen molar-refractivity contribution in [1.82, 2.24) is 5.32 Å². The van der Waals surface area contributed by atoms with E-state index in [9.17, 15) is 4.39 Å². The number of methoxy groups -OCH3 is 1. The van der Waals surface area contributed by atoms with Crippen molar-refractivity contribution in [2.75, 3.05) is 25.6 Å². The van der Waals surface area contributed by atoms with E-state index in [-0.39, 0.29) is 5.82 Å².